The summed E-state index contributed by atoms with van der Waals surface area (Å²) in [5.74, 6) is -0.960. The molecule has 2 N–H and O–H groups in total. The number of cyclic esters (lactones) is 1. The second kappa shape index (κ2) is 2.79. The van der Waals surface area contributed by atoms with E-state index in [-0.39, 0.29) is 0 Å². The fourth-order valence-corrected chi connectivity index (χ4v) is 1.12. The predicted molar refractivity (Wildman–Crippen MR) is 36.7 cm³/mol. The first-order valence-corrected chi connectivity index (χ1v) is 3.60. The standard InChI is InChI=1S/C7H12O4/c1-3-5(9)6(4(2)8)11-7(3)10/h3-6,8-9H,1-2H3/t3-,4-,5-,6-/m0/s1. The summed E-state index contributed by atoms with van der Waals surface area (Å²) in [6, 6.07) is 0. The van der Waals surface area contributed by atoms with Gasteiger partial charge in [-0.05, 0) is 13.8 Å². The average molecular weight is 160 g/mol. The SMILES string of the molecule is C[C@H](O)[C@@H]1OC(=O)[C@@H](C)[C@@H]1O. The lowest BCUT2D eigenvalue weighted by molar-refractivity contribution is -0.147. The molecule has 0 aliphatic carbocycles. The van der Waals surface area contributed by atoms with Gasteiger partial charge in [-0.1, -0.05) is 0 Å². The van der Waals surface area contributed by atoms with E-state index in [1.807, 2.05) is 0 Å². The van der Waals surface area contributed by atoms with E-state index in [1.165, 1.54) is 6.92 Å². The number of hydrogen-bond donors (Lipinski definition) is 2. The third-order valence-corrected chi connectivity index (χ3v) is 1.95. The number of rotatable bonds is 1. The quantitative estimate of drug-likeness (QED) is 0.497. The van der Waals surface area contributed by atoms with Crippen molar-refractivity contribution in [1.82, 2.24) is 0 Å². The van der Waals surface area contributed by atoms with E-state index in [0.29, 0.717) is 0 Å². The van der Waals surface area contributed by atoms with Crippen molar-refractivity contribution < 1.29 is 19.7 Å². The van der Waals surface area contributed by atoms with Gasteiger partial charge in [0.15, 0.2) is 6.10 Å². The molecule has 0 amide bonds. The van der Waals surface area contributed by atoms with Gasteiger partial charge in [-0.15, -0.1) is 0 Å². The van der Waals surface area contributed by atoms with E-state index in [2.05, 4.69) is 0 Å². The van der Waals surface area contributed by atoms with Crippen molar-refractivity contribution in [2.45, 2.75) is 32.2 Å². The Bertz CT molecular complexity index is 166. The molecule has 0 aromatic carbocycles. The van der Waals surface area contributed by atoms with E-state index in [1.54, 1.807) is 6.92 Å². The molecule has 0 unspecified atom stereocenters. The summed E-state index contributed by atoms with van der Waals surface area (Å²) in [5.41, 5.74) is 0. The summed E-state index contributed by atoms with van der Waals surface area (Å²) >= 11 is 0. The predicted octanol–water partition coefficient (Wildman–Crippen LogP) is -0.710. The Balaban J connectivity index is 2.67. The van der Waals surface area contributed by atoms with Crippen molar-refractivity contribution in [3.05, 3.63) is 0 Å². The Labute approximate surface area is 64.8 Å². The Morgan fingerprint density at radius 2 is 2.18 bits per heavy atom. The highest BCUT2D eigenvalue weighted by Gasteiger charge is 2.42. The number of esters is 1. The van der Waals surface area contributed by atoms with Crippen molar-refractivity contribution in [2.24, 2.45) is 5.92 Å². The first kappa shape index (κ1) is 8.49. The highest BCUT2D eigenvalue weighted by atomic mass is 16.6. The molecule has 0 aromatic heterocycles. The Kier molecular flexibility index (Phi) is 2.15. The molecule has 1 heterocycles. The van der Waals surface area contributed by atoms with Crippen LogP contribution in [0, 0.1) is 5.92 Å². The number of carbonyl (C=O) groups excluding carboxylic acids is 1. The van der Waals surface area contributed by atoms with Crippen LogP contribution in [0.1, 0.15) is 13.8 Å². The van der Waals surface area contributed by atoms with Gasteiger partial charge in [-0.3, -0.25) is 4.79 Å². The molecule has 4 nitrogen and oxygen atoms in total. The molecule has 4 atom stereocenters. The fraction of sp³-hybridized carbons (Fsp3) is 0.857. The summed E-state index contributed by atoms with van der Waals surface area (Å²) in [4.78, 5) is 10.8. The van der Waals surface area contributed by atoms with Crippen LogP contribution in [-0.4, -0.2) is 34.5 Å². The van der Waals surface area contributed by atoms with E-state index in [0.717, 1.165) is 0 Å². The van der Waals surface area contributed by atoms with Gasteiger partial charge in [-0.25, -0.2) is 0 Å². The lowest BCUT2D eigenvalue weighted by Gasteiger charge is -2.15. The summed E-state index contributed by atoms with van der Waals surface area (Å²) in [7, 11) is 0. The van der Waals surface area contributed by atoms with E-state index in [9.17, 15) is 9.90 Å². The molecule has 0 radical (unpaired) electrons. The van der Waals surface area contributed by atoms with E-state index >= 15 is 0 Å². The third-order valence-electron chi connectivity index (χ3n) is 1.95. The highest BCUT2D eigenvalue weighted by Crippen LogP contribution is 2.23. The van der Waals surface area contributed by atoms with Crippen molar-refractivity contribution >= 4 is 5.97 Å². The van der Waals surface area contributed by atoms with Crippen LogP contribution < -0.4 is 0 Å². The van der Waals surface area contributed by atoms with Crippen LogP contribution in [0.5, 0.6) is 0 Å². The van der Waals surface area contributed by atoms with Gasteiger partial charge in [0.2, 0.25) is 0 Å². The van der Waals surface area contributed by atoms with Crippen LogP contribution in [0.15, 0.2) is 0 Å². The van der Waals surface area contributed by atoms with Gasteiger partial charge >= 0.3 is 5.97 Å². The second-order valence-electron chi connectivity index (χ2n) is 2.92. The van der Waals surface area contributed by atoms with Crippen molar-refractivity contribution in [1.29, 1.82) is 0 Å². The molecule has 0 aromatic rings. The number of aliphatic hydroxyl groups is 2. The summed E-state index contributed by atoms with van der Waals surface area (Å²) in [5, 5.41) is 18.3. The van der Waals surface area contributed by atoms with Gasteiger partial charge < -0.3 is 14.9 Å². The molecule has 1 aliphatic rings. The van der Waals surface area contributed by atoms with Crippen molar-refractivity contribution in [3.8, 4) is 0 Å². The molecular weight excluding hydrogens is 148 g/mol. The molecule has 1 aliphatic heterocycles. The van der Waals surface area contributed by atoms with Gasteiger partial charge in [-0.2, -0.15) is 0 Å². The molecule has 64 valence electrons. The van der Waals surface area contributed by atoms with Gasteiger partial charge in [0.1, 0.15) is 6.10 Å². The van der Waals surface area contributed by atoms with Gasteiger partial charge in [0.25, 0.3) is 0 Å². The smallest absolute Gasteiger partial charge is 0.311 e. The maximum atomic E-state index is 10.8. The van der Waals surface area contributed by atoms with Crippen LogP contribution in [0.25, 0.3) is 0 Å². The minimum absolute atomic E-state index is 0.441. The molecule has 4 heteroatoms. The maximum Gasteiger partial charge on any atom is 0.311 e. The van der Waals surface area contributed by atoms with Crippen LogP contribution >= 0.6 is 0 Å². The highest BCUT2D eigenvalue weighted by molar-refractivity contribution is 5.75. The topological polar surface area (TPSA) is 66.8 Å². The summed E-state index contributed by atoms with van der Waals surface area (Å²) in [6.45, 7) is 3.06. The third kappa shape index (κ3) is 1.36. The molecule has 1 saturated heterocycles. The lowest BCUT2D eigenvalue weighted by Crippen LogP contribution is -2.34. The normalized spacial score (nSPS) is 40.4. The molecule has 0 bridgehead atoms. The Hall–Kier alpha value is -0.610. The van der Waals surface area contributed by atoms with E-state index in [4.69, 9.17) is 9.84 Å². The number of aliphatic hydroxyl groups excluding tert-OH is 2. The molecule has 1 fully saturated rings. The van der Waals surface area contributed by atoms with Crippen molar-refractivity contribution in [3.63, 3.8) is 0 Å². The first-order valence-electron chi connectivity index (χ1n) is 3.60. The minimum atomic E-state index is -0.873. The van der Waals surface area contributed by atoms with Crippen LogP contribution in [-0.2, 0) is 9.53 Å². The second-order valence-corrected chi connectivity index (χ2v) is 2.92. The summed E-state index contributed by atoms with van der Waals surface area (Å²) < 4.78 is 4.71. The monoisotopic (exact) mass is 160 g/mol. The zero-order valence-electron chi connectivity index (χ0n) is 6.52. The average Bonchev–Trinajstić information content (AvgIpc) is 2.17. The van der Waals surface area contributed by atoms with Gasteiger partial charge in [0.05, 0.1) is 12.0 Å². The summed E-state index contributed by atoms with van der Waals surface area (Å²) in [6.07, 6.45) is -2.43. The largest absolute Gasteiger partial charge is 0.457 e. The van der Waals surface area contributed by atoms with Gasteiger partial charge in [0, 0.05) is 0 Å². The maximum absolute atomic E-state index is 10.8. The molecule has 0 saturated carbocycles. The molecule has 0 spiro atoms. The molecular formula is C7H12O4. The molecule has 11 heavy (non-hydrogen) atoms. The lowest BCUT2D eigenvalue weighted by atomic mass is 10.0. The Morgan fingerprint density at radius 1 is 1.64 bits per heavy atom. The Morgan fingerprint density at radius 3 is 2.36 bits per heavy atom. The fourth-order valence-electron chi connectivity index (χ4n) is 1.12. The van der Waals surface area contributed by atoms with Crippen LogP contribution in [0.4, 0.5) is 0 Å². The number of carbonyl (C=O) groups is 1. The minimum Gasteiger partial charge on any atom is -0.457 e. The molecule has 1 rings (SSSR count). The zero-order valence-corrected chi connectivity index (χ0v) is 6.52. The van der Waals surface area contributed by atoms with E-state index < -0.39 is 30.2 Å². The van der Waals surface area contributed by atoms with Crippen LogP contribution in [0.3, 0.4) is 0 Å². The van der Waals surface area contributed by atoms with Crippen molar-refractivity contribution in [2.75, 3.05) is 0 Å². The van der Waals surface area contributed by atoms with Crippen LogP contribution in [0.2, 0.25) is 0 Å². The number of hydrogen-bond acceptors (Lipinski definition) is 4. The first-order chi connectivity index (χ1) is 5.04. The zero-order chi connectivity index (χ0) is 8.59. The number of ether oxygens (including phenoxy) is 1.